The summed E-state index contributed by atoms with van der Waals surface area (Å²) in [6.45, 7) is 11.5. The Kier molecular flexibility index (Phi) is 7.38. The monoisotopic (exact) mass is 515 g/mol. The summed E-state index contributed by atoms with van der Waals surface area (Å²) in [5.74, 6) is 1.08. The SMILES string of the molecule is [C-]#[N+]CC1CCCN(c2nc(OC[C@@H]3CCCN3C)nc3c2CCN(c2ccncc2C(F)(F)F)C3)C1. The third-order valence-electron chi connectivity index (χ3n) is 7.71. The van der Waals surface area contributed by atoms with Crippen LogP contribution in [0.15, 0.2) is 18.5 Å². The smallest absolute Gasteiger partial charge is 0.419 e. The van der Waals surface area contributed by atoms with Crippen molar-refractivity contribution in [2.75, 3.05) is 56.2 Å². The molecular formula is C26H32F3N7O. The van der Waals surface area contributed by atoms with Crippen molar-refractivity contribution in [3.8, 4) is 6.01 Å². The summed E-state index contributed by atoms with van der Waals surface area (Å²) in [6.07, 6.45) is 2.47. The third-order valence-corrected chi connectivity index (χ3v) is 7.71. The number of hydrogen-bond acceptors (Lipinski definition) is 7. The Morgan fingerprint density at radius 3 is 2.73 bits per heavy atom. The Morgan fingerprint density at radius 2 is 1.97 bits per heavy atom. The van der Waals surface area contributed by atoms with Gasteiger partial charge in [-0.1, -0.05) is 0 Å². The van der Waals surface area contributed by atoms with Gasteiger partial charge in [0.2, 0.25) is 6.54 Å². The van der Waals surface area contributed by atoms with Crippen molar-refractivity contribution in [3.05, 3.63) is 46.7 Å². The molecule has 198 valence electrons. The van der Waals surface area contributed by atoms with E-state index in [-0.39, 0.29) is 24.2 Å². The highest BCUT2D eigenvalue weighted by Gasteiger charge is 2.37. The number of hydrogen-bond donors (Lipinski definition) is 0. The molecule has 2 aromatic rings. The number of ether oxygens (including phenoxy) is 1. The van der Waals surface area contributed by atoms with E-state index in [1.165, 1.54) is 12.3 Å². The van der Waals surface area contributed by atoms with Crippen LogP contribution >= 0.6 is 0 Å². The molecule has 2 atom stereocenters. The number of likely N-dealkylation sites (N-methyl/N-ethyl adjacent to an activating group) is 1. The predicted octanol–water partition coefficient (Wildman–Crippen LogP) is 4.06. The molecule has 2 saturated heterocycles. The lowest BCUT2D eigenvalue weighted by atomic mass is 9.96. The molecule has 3 aliphatic rings. The van der Waals surface area contributed by atoms with E-state index >= 15 is 0 Å². The number of fused-ring (bicyclic) bond motifs is 1. The van der Waals surface area contributed by atoms with Crippen molar-refractivity contribution >= 4 is 11.5 Å². The van der Waals surface area contributed by atoms with Gasteiger partial charge in [0.05, 0.1) is 23.5 Å². The second-order valence-corrected chi connectivity index (χ2v) is 10.2. The number of alkyl halides is 3. The van der Waals surface area contributed by atoms with Crippen LogP contribution in [0.2, 0.25) is 0 Å². The van der Waals surface area contributed by atoms with Crippen molar-refractivity contribution < 1.29 is 17.9 Å². The first-order chi connectivity index (χ1) is 17.8. The van der Waals surface area contributed by atoms with E-state index in [0.29, 0.717) is 37.9 Å². The highest BCUT2D eigenvalue weighted by Crippen LogP contribution is 2.39. The Hall–Kier alpha value is -3.13. The molecule has 8 nitrogen and oxygen atoms in total. The van der Waals surface area contributed by atoms with Crippen LogP contribution in [-0.4, -0.2) is 72.3 Å². The number of piperidine rings is 1. The Morgan fingerprint density at radius 1 is 1.14 bits per heavy atom. The molecule has 0 radical (unpaired) electrons. The fraction of sp³-hybridized carbons (Fsp3) is 0.615. The van der Waals surface area contributed by atoms with Gasteiger partial charge in [0.25, 0.3) is 0 Å². The zero-order valence-electron chi connectivity index (χ0n) is 21.0. The molecule has 0 bridgehead atoms. The van der Waals surface area contributed by atoms with Crippen LogP contribution in [-0.2, 0) is 19.1 Å². The molecule has 0 saturated carbocycles. The molecule has 37 heavy (non-hydrogen) atoms. The Bertz CT molecular complexity index is 1150. The lowest BCUT2D eigenvalue weighted by molar-refractivity contribution is -0.137. The Balaban J connectivity index is 1.46. The van der Waals surface area contributed by atoms with E-state index < -0.39 is 11.7 Å². The van der Waals surface area contributed by atoms with Gasteiger partial charge in [-0.05, 0) is 51.8 Å². The largest absolute Gasteiger partial charge is 0.462 e. The van der Waals surface area contributed by atoms with Crippen LogP contribution in [0.25, 0.3) is 4.85 Å². The van der Waals surface area contributed by atoms with Crippen molar-refractivity contribution in [1.29, 1.82) is 0 Å². The number of rotatable bonds is 6. The van der Waals surface area contributed by atoms with Crippen LogP contribution in [0, 0.1) is 12.5 Å². The topological polar surface area (TPSA) is 62.0 Å². The van der Waals surface area contributed by atoms with Gasteiger partial charge in [0, 0.05) is 49.6 Å². The zero-order valence-corrected chi connectivity index (χ0v) is 21.0. The molecule has 0 amide bonds. The summed E-state index contributed by atoms with van der Waals surface area (Å²) in [6, 6.07) is 1.99. The van der Waals surface area contributed by atoms with Gasteiger partial charge in [0.15, 0.2) is 0 Å². The average Bonchev–Trinajstić information content (AvgIpc) is 3.31. The quantitative estimate of drug-likeness (QED) is 0.538. The highest BCUT2D eigenvalue weighted by molar-refractivity contribution is 5.58. The molecule has 5 rings (SSSR count). The maximum atomic E-state index is 13.7. The fourth-order valence-electron chi connectivity index (χ4n) is 5.70. The fourth-order valence-corrected chi connectivity index (χ4v) is 5.70. The first-order valence-corrected chi connectivity index (χ1v) is 12.9. The van der Waals surface area contributed by atoms with Crippen molar-refractivity contribution in [1.82, 2.24) is 19.9 Å². The molecule has 0 aliphatic carbocycles. The number of pyridine rings is 1. The van der Waals surface area contributed by atoms with E-state index in [2.05, 4.69) is 26.7 Å². The van der Waals surface area contributed by atoms with E-state index in [1.54, 1.807) is 4.90 Å². The van der Waals surface area contributed by atoms with Crippen LogP contribution in [0.1, 0.15) is 42.5 Å². The minimum absolute atomic E-state index is 0.110. The highest BCUT2D eigenvalue weighted by atomic mass is 19.4. The molecule has 1 unspecified atom stereocenters. The van der Waals surface area contributed by atoms with Crippen LogP contribution in [0.5, 0.6) is 6.01 Å². The Labute approximate surface area is 215 Å². The molecular weight excluding hydrogens is 483 g/mol. The zero-order chi connectivity index (χ0) is 26.0. The number of halogens is 3. The van der Waals surface area contributed by atoms with Crippen molar-refractivity contribution in [3.63, 3.8) is 0 Å². The van der Waals surface area contributed by atoms with E-state index in [0.717, 1.165) is 62.9 Å². The van der Waals surface area contributed by atoms with Crippen molar-refractivity contribution in [2.24, 2.45) is 5.92 Å². The first-order valence-electron chi connectivity index (χ1n) is 12.9. The number of nitrogens with zero attached hydrogens (tertiary/aromatic N) is 7. The third kappa shape index (κ3) is 5.59. The standard InChI is InChI=1S/C26H32F3N7O/c1-30-13-18-5-3-11-36(15-18)24-20-8-12-35(23-7-9-31-14-21(23)26(27,28)29)16-22(20)32-25(33-24)37-17-19-6-4-10-34(19)2/h7,9,14,18-19H,3-6,8,10-13,15-17H2,2H3/t18?,19-/m0/s1. The minimum atomic E-state index is -4.49. The van der Waals surface area contributed by atoms with Gasteiger partial charge >= 0.3 is 12.2 Å². The summed E-state index contributed by atoms with van der Waals surface area (Å²) in [5, 5.41) is 0. The maximum absolute atomic E-state index is 13.7. The second-order valence-electron chi connectivity index (χ2n) is 10.2. The van der Waals surface area contributed by atoms with Gasteiger partial charge in [-0.15, -0.1) is 0 Å². The van der Waals surface area contributed by atoms with Crippen LogP contribution in [0.4, 0.5) is 24.7 Å². The molecule has 2 fully saturated rings. The predicted molar refractivity (Wildman–Crippen MR) is 134 cm³/mol. The van der Waals surface area contributed by atoms with Crippen LogP contribution in [0.3, 0.4) is 0 Å². The van der Waals surface area contributed by atoms with E-state index in [1.807, 2.05) is 0 Å². The summed E-state index contributed by atoms with van der Waals surface area (Å²) in [7, 11) is 2.08. The van der Waals surface area contributed by atoms with E-state index in [9.17, 15) is 13.2 Å². The number of anilines is 2. The van der Waals surface area contributed by atoms with Gasteiger partial charge in [-0.3, -0.25) is 4.98 Å². The lowest BCUT2D eigenvalue weighted by Crippen LogP contribution is -2.40. The van der Waals surface area contributed by atoms with Gasteiger partial charge < -0.3 is 24.3 Å². The maximum Gasteiger partial charge on any atom is 0.419 e. The summed E-state index contributed by atoms with van der Waals surface area (Å²) in [4.78, 5) is 23.1. The van der Waals surface area contributed by atoms with Gasteiger partial charge in [-0.2, -0.15) is 23.1 Å². The lowest BCUT2D eigenvalue weighted by Gasteiger charge is -2.36. The van der Waals surface area contributed by atoms with Crippen molar-refractivity contribution in [2.45, 2.75) is 50.9 Å². The summed E-state index contributed by atoms with van der Waals surface area (Å²) in [5.41, 5.74) is 1.03. The van der Waals surface area contributed by atoms with Gasteiger partial charge in [-0.25, -0.2) is 6.57 Å². The molecule has 0 aromatic carbocycles. The molecule has 3 aliphatic heterocycles. The molecule has 0 spiro atoms. The number of likely N-dealkylation sites (tertiary alicyclic amines) is 1. The first kappa shape index (κ1) is 25.5. The van der Waals surface area contributed by atoms with E-state index in [4.69, 9.17) is 21.3 Å². The summed E-state index contributed by atoms with van der Waals surface area (Å²) < 4.78 is 47.2. The molecule has 2 aromatic heterocycles. The second kappa shape index (κ2) is 10.7. The summed E-state index contributed by atoms with van der Waals surface area (Å²) >= 11 is 0. The molecule has 0 N–H and O–H groups in total. The normalized spacial score (nSPS) is 22.6. The van der Waals surface area contributed by atoms with Crippen LogP contribution < -0.4 is 14.5 Å². The van der Waals surface area contributed by atoms with Gasteiger partial charge in [0.1, 0.15) is 12.4 Å². The molecule has 5 heterocycles. The minimum Gasteiger partial charge on any atom is -0.462 e. The molecule has 11 heteroatoms. The average molecular weight is 516 g/mol. The number of aromatic nitrogens is 3.